The smallest absolute Gasteiger partial charge is 0.220 e. The number of carbonyl (C=O) groups is 2. The van der Waals surface area contributed by atoms with Crippen LogP contribution >= 0.6 is 0 Å². The van der Waals surface area contributed by atoms with E-state index in [1.807, 2.05) is 0 Å². The second-order valence-corrected chi connectivity index (χ2v) is 10.5. The van der Waals surface area contributed by atoms with Gasteiger partial charge in [-0.3, -0.25) is 14.5 Å². The molecule has 6 nitrogen and oxygen atoms in total. The molecule has 3 fully saturated rings. The topological polar surface area (TPSA) is 70.7 Å². The molecule has 2 N–H and O–H groups in total. The lowest BCUT2D eigenvalue weighted by atomic mass is 9.83. The summed E-state index contributed by atoms with van der Waals surface area (Å²) < 4.78 is 5.56. The molecule has 1 atom stereocenters. The fourth-order valence-electron chi connectivity index (χ4n) is 6.37. The Balaban J connectivity index is 1.23. The zero-order valence-electron chi connectivity index (χ0n) is 20.1. The van der Waals surface area contributed by atoms with Crippen molar-refractivity contribution in [3.8, 4) is 0 Å². The number of carbonyl (C=O) groups excluding carboxylic acids is 2. The zero-order chi connectivity index (χ0) is 23.4. The summed E-state index contributed by atoms with van der Waals surface area (Å²) in [5, 5.41) is 8.96. The van der Waals surface area contributed by atoms with Crippen LogP contribution in [0, 0.1) is 0 Å². The first-order valence-electron chi connectivity index (χ1n) is 12.9. The van der Waals surface area contributed by atoms with E-state index in [-0.39, 0.29) is 22.9 Å². The fourth-order valence-corrected chi connectivity index (χ4v) is 6.37. The van der Waals surface area contributed by atoms with Crippen molar-refractivity contribution in [3.05, 3.63) is 48.0 Å². The van der Waals surface area contributed by atoms with Gasteiger partial charge in [-0.15, -0.1) is 0 Å². The first-order valence-corrected chi connectivity index (χ1v) is 12.9. The van der Waals surface area contributed by atoms with Gasteiger partial charge in [0.2, 0.25) is 11.8 Å². The third kappa shape index (κ3) is 4.98. The number of nitrogens with zero attached hydrogens (tertiary/aromatic N) is 1. The summed E-state index contributed by atoms with van der Waals surface area (Å²) in [5.74, 6) is 0.191. The molecular formula is C28H37N3O3. The molecule has 3 aliphatic rings. The first kappa shape index (κ1) is 23.3. The molecule has 2 heterocycles. The maximum atomic E-state index is 13.0. The van der Waals surface area contributed by atoms with Gasteiger partial charge in [-0.05, 0) is 48.4 Å². The van der Waals surface area contributed by atoms with Crippen LogP contribution in [0.15, 0.2) is 42.5 Å². The van der Waals surface area contributed by atoms with Crippen LogP contribution < -0.4 is 10.6 Å². The second kappa shape index (κ2) is 10.0. The van der Waals surface area contributed by atoms with E-state index in [0.717, 1.165) is 52.0 Å². The van der Waals surface area contributed by atoms with Gasteiger partial charge < -0.3 is 15.4 Å². The molecule has 2 aromatic carbocycles. The number of hydrogen-bond donors (Lipinski definition) is 2. The van der Waals surface area contributed by atoms with Gasteiger partial charge in [0.1, 0.15) is 0 Å². The Morgan fingerprint density at radius 3 is 2.56 bits per heavy atom. The molecule has 2 saturated heterocycles. The molecule has 0 spiro atoms. The van der Waals surface area contributed by atoms with Gasteiger partial charge in [0.15, 0.2) is 0 Å². The minimum absolute atomic E-state index is 0.0850. The summed E-state index contributed by atoms with van der Waals surface area (Å²) in [6.07, 6.45) is 7.92. The molecule has 182 valence electrons. The lowest BCUT2D eigenvalue weighted by Gasteiger charge is -2.43. The lowest BCUT2D eigenvalue weighted by molar-refractivity contribution is -0.123. The highest BCUT2D eigenvalue weighted by Gasteiger charge is 2.41. The molecule has 6 heteroatoms. The van der Waals surface area contributed by atoms with E-state index in [0.29, 0.717) is 25.8 Å². The van der Waals surface area contributed by atoms with Crippen molar-refractivity contribution in [1.29, 1.82) is 0 Å². The van der Waals surface area contributed by atoms with Crippen LogP contribution in [0.3, 0.4) is 0 Å². The van der Waals surface area contributed by atoms with Gasteiger partial charge in [0.05, 0.1) is 13.2 Å². The zero-order valence-corrected chi connectivity index (χ0v) is 20.1. The minimum atomic E-state index is -0.353. The number of nitrogens with one attached hydrogen (secondary N) is 2. The number of morpholine rings is 1. The second-order valence-electron chi connectivity index (χ2n) is 10.5. The van der Waals surface area contributed by atoms with Crippen molar-refractivity contribution >= 4 is 22.6 Å². The number of amides is 2. The average molecular weight is 464 g/mol. The van der Waals surface area contributed by atoms with Gasteiger partial charge in [-0.1, -0.05) is 55.3 Å². The van der Waals surface area contributed by atoms with Crippen molar-refractivity contribution in [3.63, 3.8) is 0 Å². The highest BCUT2D eigenvalue weighted by molar-refractivity contribution is 5.86. The van der Waals surface area contributed by atoms with Crippen molar-refractivity contribution in [1.82, 2.24) is 15.5 Å². The molecule has 2 amide bonds. The quantitative estimate of drug-likeness (QED) is 0.628. The Bertz CT molecular complexity index is 1020. The van der Waals surface area contributed by atoms with Gasteiger partial charge in [0, 0.05) is 43.6 Å². The number of ether oxygens (including phenoxy) is 1. The summed E-state index contributed by atoms with van der Waals surface area (Å²) in [4.78, 5) is 27.8. The van der Waals surface area contributed by atoms with E-state index in [9.17, 15) is 9.59 Å². The monoisotopic (exact) mass is 463 g/mol. The summed E-state index contributed by atoms with van der Waals surface area (Å²) in [7, 11) is 0. The van der Waals surface area contributed by atoms with Crippen LogP contribution in [0.4, 0.5) is 0 Å². The van der Waals surface area contributed by atoms with Crippen LogP contribution in [0.2, 0.25) is 0 Å². The summed E-state index contributed by atoms with van der Waals surface area (Å²) >= 11 is 0. The molecule has 2 aliphatic heterocycles. The van der Waals surface area contributed by atoms with Crippen LogP contribution in [-0.2, 0) is 20.7 Å². The van der Waals surface area contributed by atoms with Crippen molar-refractivity contribution in [2.45, 2.75) is 68.9 Å². The van der Waals surface area contributed by atoms with Crippen LogP contribution in [0.25, 0.3) is 10.8 Å². The van der Waals surface area contributed by atoms with Crippen LogP contribution in [-0.4, -0.2) is 60.6 Å². The third-order valence-electron chi connectivity index (χ3n) is 8.31. The van der Waals surface area contributed by atoms with Crippen molar-refractivity contribution in [2.24, 2.45) is 0 Å². The molecule has 1 saturated carbocycles. The molecule has 0 bridgehead atoms. The predicted octanol–water partition coefficient (Wildman–Crippen LogP) is 3.57. The van der Waals surface area contributed by atoms with Gasteiger partial charge in [0.25, 0.3) is 0 Å². The maximum absolute atomic E-state index is 13.0. The highest BCUT2D eigenvalue weighted by atomic mass is 16.5. The van der Waals surface area contributed by atoms with Crippen LogP contribution in [0.1, 0.15) is 56.9 Å². The Kier molecular flexibility index (Phi) is 6.89. The number of hydrogen-bond acceptors (Lipinski definition) is 4. The molecule has 34 heavy (non-hydrogen) atoms. The van der Waals surface area contributed by atoms with Crippen molar-refractivity contribution < 1.29 is 14.3 Å². The maximum Gasteiger partial charge on any atom is 0.220 e. The SMILES string of the molecule is O=C(CCC1(Cc2cccc3ccccc23)CCC(=O)N1)NCC1(N2CCOCC2)CCCC1. The van der Waals surface area contributed by atoms with E-state index < -0.39 is 0 Å². The normalized spacial score (nSPS) is 24.9. The van der Waals surface area contributed by atoms with E-state index in [4.69, 9.17) is 4.74 Å². The van der Waals surface area contributed by atoms with Gasteiger partial charge in [-0.2, -0.15) is 0 Å². The summed E-state index contributed by atoms with van der Waals surface area (Å²) in [6.45, 7) is 4.19. The van der Waals surface area contributed by atoms with E-state index in [2.05, 4.69) is 58.0 Å². The predicted molar refractivity (Wildman–Crippen MR) is 134 cm³/mol. The molecule has 2 aromatic rings. The summed E-state index contributed by atoms with van der Waals surface area (Å²) in [6, 6.07) is 14.7. The molecule has 0 aromatic heterocycles. The van der Waals surface area contributed by atoms with E-state index in [1.165, 1.54) is 29.2 Å². The Morgan fingerprint density at radius 2 is 1.79 bits per heavy atom. The molecular weight excluding hydrogens is 426 g/mol. The van der Waals surface area contributed by atoms with E-state index in [1.54, 1.807) is 0 Å². The number of benzene rings is 2. The highest BCUT2D eigenvalue weighted by Crippen LogP contribution is 2.36. The Hall–Kier alpha value is -2.44. The minimum Gasteiger partial charge on any atom is -0.379 e. The number of rotatable bonds is 8. The standard InChI is InChI=1S/C28H37N3O3/c32-25(29-21-28(12-3-4-13-28)31-16-18-34-19-17-31)10-14-27(15-11-26(33)30-27)20-23-8-5-7-22-6-1-2-9-24(22)23/h1-2,5-9H,3-4,10-21H2,(H,29,32)(H,30,33). The first-order chi connectivity index (χ1) is 16.6. The van der Waals surface area contributed by atoms with Gasteiger partial charge >= 0.3 is 0 Å². The summed E-state index contributed by atoms with van der Waals surface area (Å²) in [5.41, 5.74) is 0.966. The van der Waals surface area contributed by atoms with Crippen LogP contribution in [0.5, 0.6) is 0 Å². The molecule has 1 aliphatic carbocycles. The largest absolute Gasteiger partial charge is 0.379 e. The Labute approximate surface area is 202 Å². The lowest BCUT2D eigenvalue weighted by Crippen LogP contribution is -2.57. The fraction of sp³-hybridized carbons (Fsp3) is 0.571. The van der Waals surface area contributed by atoms with Crippen molar-refractivity contribution in [2.75, 3.05) is 32.8 Å². The third-order valence-corrected chi connectivity index (χ3v) is 8.31. The van der Waals surface area contributed by atoms with E-state index >= 15 is 0 Å². The molecule has 0 radical (unpaired) electrons. The Morgan fingerprint density at radius 1 is 1.03 bits per heavy atom. The molecule has 1 unspecified atom stereocenters. The number of fused-ring (bicyclic) bond motifs is 1. The molecule has 5 rings (SSSR count). The van der Waals surface area contributed by atoms with Gasteiger partial charge in [-0.25, -0.2) is 0 Å². The average Bonchev–Trinajstić information content (AvgIpc) is 3.50.